The maximum atomic E-state index is 5.63. The predicted octanol–water partition coefficient (Wildman–Crippen LogP) is 1.69. The molecule has 0 amide bonds. The van der Waals surface area contributed by atoms with Crippen molar-refractivity contribution in [3.63, 3.8) is 0 Å². The highest BCUT2D eigenvalue weighted by atomic mass is 16.5. The summed E-state index contributed by atoms with van der Waals surface area (Å²) in [5.41, 5.74) is 9.24. The maximum Gasteiger partial charge on any atom is 0.153 e. The minimum absolute atomic E-state index is 0.445. The van der Waals surface area contributed by atoms with Crippen molar-refractivity contribution in [2.45, 2.75) is 26.1 Å². The normalized spacial score (nSPS) is 15.6. The van der Waals surface area contributed by atoms with Crippen molar-refractivity contribution in [3.05, 3.63) is 52.9 Å². The van der Waals surface area contributed by atoms with Crippen LogP contribution in [-0.4, -0.2) is 16.6 Å². The first kappa shape index (κ1) is 11.4. The number of aromatic nitrogens is 1. The molecule has 0 atom stereocenters. The zero-order valence-corrected chi connectivity index (χ0v) is 10.3. The van der Waals surface area contributed by atoms with Gasteiger partial charge in [0.15, 0.2) is 5.76 Å². The molecule has 4 heteroatoms. The summed E-state index contributed by atoms with van der Waals surface area (Å²) in [5.74, 6) is 0.851. The second kappa shape index (κ2) is 4.92. The number of fused-ring (bicyclic) bond motifs is 1. The Morgan fingerprint density at radius 3 is 2.89 bits per heavy atom. The molecule has 1 aromatic heterocycles. The van der Waals surface area contributed by atoms with E-state index in [1.165, 1.54) is 11.1 Å². The van der Waals surface area contributed by atoms with Gasteiger partial charge < -0.3 is 10.3 Å². The molecule has 0 spiro atoms. The molecule has 3 rings (SSSR count). The Bertz CT molecular complexity index is 521. The number of nitrogens with zero attached hydrogens (tertiary/aromatic N) is 2. The Hall–Kier alpha value is -1.65. The SMILES string of the molecule is NCc1onc2c1CCN(Cc1ccccc1)C2. The van der Waals surface area contributed by atoms with Gasteiger partial charge in [-0.3, -0.25) is 4.90 Å². The Balaban J connectivity index is 1.72. The lowest BCUT2D eigenvalue weighted by Gasteiger charge is -2.25. The van der Waals surface area contributed by atoms with E-state index >= 15 is 0 Å². The van der Waals surface area contributed by atoms with Gasteiger partial charge in [0.25, 0.3) is 0 Å². The van der Waals surface area contributed by atoms with E-state index < -0.39 is 0 Å². The molecule has 2 heterocycles. The summed E-state index contributed by atoms with van der Waals surface area (Å²) < 4.78 is 5.26. The van der Waals surface area contributed by atoms with Gasteiger partial charge in [-0.15, -0.1) is 0 Å². The molecule has 1 aliphatic heterocycles. The molecular formula is C14H17N3O. The lowest BCUT2D eigenvalue weighted by molar-refractivity contribution is 0.239. The van der Waals surface area contributed by atoms with E-state index in [1.807, 2.05) is 6.07 Å². The van der Waals surface area contributed by atoms with Crippen LogP contribution in [0.2, 0.25) is 0 Å². The van der Waals surface area contributed by atoms with E-state index in [2.05, 4.69) is 34.3 Å². The molecule has 0 unspecified atom stereocenters. The molecule has 4 nitrogen and oxygen atoms in total. The molecule has 2 N–H and O–H groups in total. The highest BCUT2D eigenvalue weighted by Crippen LogP contribution is 2.22. The van der Waals surface area contributed by atoms with Crippen LogP contribution in [0.3, 0.4) is 0 Å². The fourth-order valence-corrected chi connectivity index (χ4v) is 2.49. The molecule has 1 aromatic carbocycles. The summed E-state index contributed by atoms with van der Waals surface area (Å²) in [4.78, 5) is 2.39. The Morgan fingerprint density at radius 2 is 2.11 bits per heavy atom. The Labute approximate surface area is 106 Å². The third-order valence-electron chi connectivity index (χ3n) is 3.44. The lowest BCUT2D eigenvalue weighted by atomic mass is 10.0. The largest absolute Gasteiger partial charge is 0.359 e. The summed E-state index contributed by atoms with van der Waals surface area (Å²) in [6.45, 7) is 3.30. The maximum absolute atomic E-state index is 5.63. The average Bonchev–Trinajstić information content (AvgIpc) is 2.82. The lowest BCUT2D eigenvalue weighted by Crippen LogP contribution is -2.30. The minimum Gasteiger partial charge on any atom is -0.359 e. The first-order valence-corrected chi connectivity index (χ1v) is 6.29. The minimum atomic E-state index is 0.445. The van der Waals surface area contributed by atoms with Crippen molar-refractivity contribution in [2.75, 3.05) is 6.54 Å². The van der Waals surface area contributed by atoms with E-state index in [1.54, 1.807) is 0 Å². The van der Waals surface area contributed by atoms with E-state index in [0.29, 0.717) is 6.54 Å². The van der Waals surface area contributed by atoms with E-state index in [4.69, 9.17) is 10.3 Å². The van der Waals surface area contributed by atoms with Crippen LogP contribution in [0.4, 0.5) is 0 Å². The molecule has 1 aliphatic rings. The number of hydrogen-bond acceptors (Lipinski definition) is 4. The second-order valence-corrected chi connectivity index (χ2v) is 4.68. The van der Waals surface area contributed by atoms with Crippen molar-refractivity contribution >= 4 is 0 Å². The predicted molar refractivity (Wildman–Crippen MR) is 68.7 cm³/mol. The zero-order valence-electron chi connectivity index (χ0n) is 10.3. The van der Waals surface area contributed by atoms with E-state index in [9.17, 15) is 0 Å². The molecule has 0 saturated heterocycles. The van der Waals surface area contributed by atoms with Gasteiger partial charge >= 0.3 is 0 Å². The van der Waals surface area contributed by atoms with Crippen LogP contribution in [0, 0.1) is 0 Å². The molecular weight excluding hydrogens is 226 g/mol. The number of benzene rings is 1. The van der Waals surface area contributed by atoms with Crippen molar-refractivity contribution in [3.8, 4) is 0 Å². The third kappa shape index (κ3) is 2.17. The van der Waals surface area contributed by atoms with Gasteiger partial charge in [0.2, 0.25) is 0 Å². The van der Waals surface area contributed by atoms with Crippen molar-refractivity contribution < 1.29 is 4.52 Å². The molecule has 94 valence electrons. The number of nitrogens with two attached hydrogens (primary N) is 1. The van der Waals surface area contributed by atoms with Crippen LogP contribution >= 0.6 is 0 Å². The van der Waals surface area contributed by atoms with E-state index in [-0.39, 0.29) is 0 Å². The zero-order chi connectivity index (χ0) is 12.4. The molecule has 0 saturated carbocycles. The Kier molecular flexibility index (Phi) is 3.13. The van der Waals surface area contributed by atoms with Crippen molar-refractivity contribution in [1.82, 2.24) is 10.1 Å². The molecule has 18 heavy (non-hydrogen) atoms. The van der Waals surface area contributed by atoms with Crippen LogP contribution in [0.1, 0.15) is 22.6 Å². The fourth-order valence-electron chi connectivity index (χ4n) is 2.49. The van der Waals surface area contributed by atoms with Gasteiger partial charge in [0.1, 0.15) is 5.69 Å². The topological polar surface area (TPSA) is 55.3 Å². The fraction of sp³-hybridized carbons (Fsp3) is 0.357. The van der Waals surface area contributed by atoms with Gasteiger partial charge in [-0.2, -0.15) is 0 Å². The van der Waals surface area contributed by atoms with Gasteiger partial charge in [-0.25, -0.2) is 0 Å². The molecule has 2 aromatic rings. The van der Waals surface area contributed by atoms with Gasteiger partial charge in [0, 0.05) is 25.2 Å². The average molecular weight is 243 g/mol. The summed E-state index contributed by atoms with van der Waals surface area (Å²) in [6.07, 6.45) is 0.984. The summed E-state index contributed by atoms with van der Waals surface area (Å²) in [7, 11) is 0. The van der Waals surface area contributed by atoms with Gasteiger partial charge in [-0.05, 0) is 12.0 Å². The second-order valence-electron chi connectivity index (χ2n) is 4.68. The highest BCUT2D eigenvalue weighted by Gasteiger charge is 2.22. The van der Waals surface area contributed by atoms with Crippen LogP contribution in [0.5, 0.6) is 0 Å². The molecule has 0 radical (unpaired) electrons. The quantitative estimate of drug-likeness (QED) is 0.891. The first-order chi connectivity index (χ1) is 8.86. The standard InChI is InChI=1S/C14H17N3O/c15-8-14-12-6-7-17(10-13(12)16-18-14)9-11-4-2-1-3-5-11/h1-5H,6-10,15H2. The van der Waals surface area contributed by atoms with Crippen LogP contribution in [0.15, 0.2) is 34.9 Å². The molecule has 0 aliphatic carbocycles. The molecule has 0 bridgehead atoms. The number of hydrogen-bond donors (Lipinski definition) is 1. The van der Waals surface area contributed by atoms with Crippen molar-refractivity contribution in [1.29, 1.82) is 0 Å². The number of rotatable bonds is 3. The Morgan fingerprint density at radius 1 is 1.28 bits per heavy atom. The van der Waals surface area contributed by atoms with Gasteiger partial charge in [-0.1, -0.05) is 35.5 Å². The summed E-state index contributed by atoms with van der Waals surface area (Å²) in [5, 5.41) is 4.12. The van der Waals surface area contributed by atoms with Crippen LogP contribution in [-0.2, 0) is 26.1 Å². The summed E-state index contributed by atoms with van der Waals surface area (Å²) >= 11 is 0. The molecule has 0 fully saturated rings. The van der Waals surface area contributed by atoms with E-state index in [0.717, 1.165) is 37.5 Å². The first-order valence-electron chi connectivity index (χ1n) is 6.29. The highest BCUT2D eigenvalue weighted by molar-refractivity contribution is 5.26. The monoisotopic (exact) mass is 243 g/mol. The third-order valence-corrected chi connectivity index (χ3v) is 3.44. The summed E-state index contributed by atoms with van der Waals surface area (Å²) in [6, 6.07) is 10.5. The van der Waals surface area contributed by atoms with Crippen LogP contribution < -0.4 is 5.73 Å². The smallest absolute Gasteiger partial charge is 0.153 e. The van der Waals surface area contributed by atoms with Gasteiger partial charge in [0.05, 0.1) is 6.54 Å². The van der Waals surface area contributed by atoms with Crippen molar-refractivity contribution in [2.24, 2.45) is 5.73 Å². The van der Waals surface area contributed by atoms with Crippen LogP contribution in [0.25, 0.3) is 0 Å².